The summed E-state index contributed by atoms with van der Waals surface area (Å²) in [6.45, 7) is 8.25. The fourth-order valence-corrected chi connectivity index (χ4v) is 2.22. The molecular formula is C15H14N4O. The monoisotopic (exact) mass is 266 g/mol. The Morgan fingerprint density at radius 1 is 1.35 bits per heavy atom. The van der Waals surface area contributed by atoms with E-state index in [1.54, 1.807) is 18.5 Å². The Morgan fingerprint density at radius 2 is 2.30 bits per heavy atom. The Bertz CT molecular complexity index is 633. The van der Waals surface area contributed by atoms with Crippen molar-refractivity contribution >= 4 is 5.69 Å². The molecule has 20 heavy (non-hydrogen) atoms. The molecule has 0 saturated heterocycles. The number of rotatable bonds is 3. The smallest absolute Gasteiger partial charge is 0.205 e. The first-order chi connectivity index (χ1) is 9.86. The zero-order valence-electron chi connectivity index (χ0n) is 10.9. The lowest BCUT2D eigenvalue weighted by atomic mass is 10.1. The second-order valence-electron chi connectivity index (χ2n) is 4.58. The number of ether oxygens (including phenoxy) is 1. The number of nitrogens with zero attached hydrogens (tertiary/aromatic N) is 3. The second kappa shape index (κ2) is 5.68. The van der Waals surface area contributed by atoms with E-state index in [9.17, 15) is 0 Å². The van der Waals surface area contributed by atoms with Gasteiger partial charge in [0.1, 0.15) is 5.75 Å². The largest absolute Gasteiger partial charge is 0.492 e. The van der Waals surface area contributed by atoms with Crippen molar-refractivity contribution in [2.24, 2.45) is 0 Å². The first-order valence-electron chi connectivity index (χ1n) is 6.50. The van der Waals surface area contributed by atoms with Crippen LogP contribution in [0.5, 0.6) is 5.75 Å². The van der Waals surface area contributed by atoms with Gasteiger partial charge in [0.15, 0.2) is 0 Å². The van der Waals surface area contributed by atoms with Crippen molar-refractivity contribution in [2.45, 2.75) is 19.0 Å². The molecule has 0 fully saturated rings. The zero-order valence-corrected chi connectivity index (χ0v) is 10.9. The van der Waals surface area contributed by atoms with Gasteiger partial charge in [-0.25, -0.2) is 4.85 Å². The van der Waals surface area contributed by atoms with E-state index in [0.29, 0.717) is 18.8 Å². The van der Waals surface area contributed by atoms with Gasteiger partial charge in [-0.2, -0.15) is 0 Å². The lowest BCUT2D eigenvalue weighted by molar-refractivity contribution is 0.247. The van der Waals surface area contributed by atoms with Crippen LogP contribution in [0, 0.1) is 6.57 Å². The first kappa shape index (κ1) is 12.6. The lowest BCUT2D eigenvalue weighted by Crippen LogP contribution is -2.27. The predicted molar refractivity (Wildman–Crippen MR) is 74.4 cm³/mol. The van der Waals surface area contributed by atoms with Gasteiger partial charge in [-0.1, -0.05) is 6.07 Å². The minimum absolute atomic E-state index is 0.183. The van der Waals surface area contributed by atoms with E-state index >= 15 is 0 Å². The van der Waals surface area contributed by atoms with Gasteiger partial charge in [0.2, 0.25) is 5.69 Å². The molecule has 5 heteroatoms. The maximum absolute atomic E-state index is 6.90. The van der Waals surface area contributed by atoms with E-state index in [-0.39, 0.29) is 6.04 Å². The van der Waals surface area contributed by atoms with Crippen LogP contribution in [-0.2, 0) is 6.54 Å². The van der Waals surface area contributed by atoms with Crippen molar-refractivity contribution in [1.29, 1.82) is 0 Å². The van der Waals surface area contributed by atoms with Crippen LogP contribution in [0.1, 0.15) is 23.9 Å². The molecule has 3 rings (SSSR count). The molecule has 0 spiro atoms. The van der Waals surface area contributed by atoms with Crippen molar-refractivity contribution in [2.75, 3.05) is 6.61 Å². The zero-order chi connectivity index (χ0) is 13.8. The highest BCUT2D eigenvalue weighted by Crippen LogP contribution is 2.29. The summed E-state index contributed by atoms with van der Waals surface area (Å²) in [5.41, 5.74) is 2.43. The molecule has 0 amide bonds. The Hall–Kier alpha value is -2.45. The van der Waals surface area contributed by atoms with E-state index in [2.05, 4.69) is 20.1 Å². The lowest BCUT2D eigenvalue weighted by Gasteiger charge is -2.25. The van der Waals surface area contributed by atoms with Crippen LogP contribution in [0.2, 0.25) is 0 Å². The van der Waals surface area contributed by atoms with Gasteiger partial charge >= 0.3 is 0 Å². The van der Waals surface area contributed by atoms with Crippen LogP contribution in [0.25, 0.3) is 4.85 Å². The highest BCUT2D eigenvalue weighted by Gasteiger charge is 2.21. The highest BCUT2D eigenvalue weighted by atomic mass is 16.5. The molecule has 3 heterocycles. The highest BCUT2D eigenvalue weighted by molar-refractivity contribution is 5.41. The number of hydrogen-bond donors (Lipinski definition) is 1. The third-order valence-corrected chi connectivity index (χ3v) is 3.26. The number of fused-ring (bicyclic) bond motifs is 1. The summed E-state index contributed by atoms with van der Waals surface area (Å²) < 4.78 is 5.58. The van der Waals surface area contributed by atoms with Crippen LogP contribution in [0.15, 0.2) is 36.7 Å². The van der Waals surface area contributed by atoms with E-state index in [1.165, 1.54) is 0 Å². The molecule has 1 N–H and O–H groups in total. The van der Waals surface area contributed by atoms with Crippen LogP contribution in [-0.4, -0.2) is 16.6 Å². The van der Waals surface area contributed by atoms with Crippen LogP contribution < -0.4 is 10.1 Å². The van der Waals surface area contributed by atoms with Crippen molar-refractivity contribution in [3.63, 3.8) is 0 Å². The molecule has 0 aliphatic carbocycles. The second-order valence-corrected chi connectivity index (χ2v) is 4.58. The van der Waals surface area contributed by atoms with Gasteiger partial charge in [-0.05, 0) is 18.2 Å². The van der Waals surface area contributed by atoms with Gasteiger partial charge in [-0.3, -0.25) is 9.97 Å². The Kier molecular flexibility index (Phi) is 3.57. The standard InChI is InChI=1S/C15H14N4O/c1-16-11-4-5-12(18-9-11)10-19-13-6-8-20-14-3-2-7-17-15(13)14/h2-5,7,9,13,19H,6,8,10H2. The summed E-state index contributed by atoms with van der Waals surface area (Å²) >= 11 is 0. The van der Waals surface area contributed by atoms with Crippen molar-refractivity contribution in [3.05, 3.63) is 59.5 Å². The summed E-state index contributed by atoms with van der Waals surface area (Å²) in [4.78, 5) is 12.0. The third-order valence-electron chi connectivity index (χ3n) is 3.26. The molecular weight excluding hydrogens is 252 g/mol. The van der Waals surface area contributed by atoms with Crippen molar-refractivity contribution < 1.29 is 4.74 Å². The molecule has 5 nitrogen and oxygen atoms in total. The average molecular weight is 266 g/mol. The fraction of sp³-hybridized carbons (Fsp3) is 0.267. The minimum atomic E-state index is 0.183. The minimum Gasteiger partial charge on any atom is -0.492 e. The summed E-state index contributed by atoms with van der Waals surface area (Å²) in [6, 6.07) is 7.67. The molecule has 1 atom stereocenters. The first-order valence-corrected chi connectivity index (χ1v) is 6.50. The number of aromatic nitrogens is 2. The molecule has 100 valence electrons. The van der Waals surface area contributed by atoms with Gasteiger partial charge in [-0.15, -0.1) is 0 Å². The molecule has 1 unspecified atom stereocenters. The molecule has 1 aliphatic rings. The molecule has 0 saturated carbocycles. The van der Waals surface area contributed by atoms with Gasteiger partial charge in [0.05, 0.1) is 30.6 Å². The van der Waals surface area contributed by atoms with Crippen LogP contribution in [0.4, 0.5) is 5.69 Å². The normalized spacial score (nSPS) is 16.9. The number of nitrogens with one attached hydrogen (secondary N) is 1. The topological polar surface area (TPSA) is 51.4 Å². The summed E-state index contributed by atoms with van der Waals surface area (Å²) in [6.07, 6.45) is 4.27. The van der Waals surface area contributed by atoms with Crippen LogP contribution >= 0.6 is 0 Å². The van der Waals surface area contributed by atoms with Gasteiger partial charge in [0, 0.05) is 25.4 Å². The van der Waals surface area contributed by atoms with Crippen molar-refractivity contribution in [1.82, 2.24) is 15.3 Å². The molecule has 0 bridgehead atoms. The average Bonchev–Trinajstić information content (AvgIpc) is 2.53. The Morgan fingerprint density at radius 3 is 3.10 bits per heavy atom. The van der Waals surface area contributed by atoms with E-state index in [0.717, 1.165) is 23.6 Å². The van der Waals surface area contributed by atoms with E-state index in [4.69, 9.17) is 11.3 Å². The Labute approximate surface area is 117 Å². The molecule has 0 radical (unpaired) electrons. The van der Waals surface area contributed by atoms with Gasteiger partial charge in [0.25, 0.3) is 0 Å². The van der Waals surface area contributed by atoms with E-state index < -0.39 is 0 Å². The summed E-state index contributed by atoms with van der Waals surface area (Å²) in [5, 5.41) is 3.45. The van der Waals surface area contributed by atoms with Crippen LogP contribution in [0.3, 0.4) is 0 Å². The fourth-order valence-electron chi connectivity index (χ4n) is 2.22. The predicted octanol–water partition coefficient (Wildman–Crippen LogP) is 2.64. The molecule has 1 aliphatic heterocycles. The van der Waals surface area contributed by atoms with Crippen molar-refractivity contribution in [3.8, 4) is 5.75 Å². The molecule has 2 aromatic rings. The maximum atomic E-state index is 6.90. The van der Waals surface area contributed by atoms with Gasteiger partial charge < -0.3 is 10.1 Å². The Balaban J connectivity index is 1.68. The third kappa shape index (κ3) is 2.60. The molecule has 2 aromatic heterocycles. The maximum Gasteiger partial charge on any atom is 0.205 e. The number of hydrogen-bond acceptors (Lipinski definition) is 4. The molecule has 0 aromatic carbocycles. The SMILES string of the molecule is [C-]#[N+]c1ccc(CNC2CCOc3cccnc32)nc1. The summed E-state index contributed by atoms with van der Waals surface area (Å²) in [5.74, 6) is 0.854. The summed E-state index contributed by atoms with van der Waals surface area (Å²) in [7, 11) is 0. The van der Waals surface area contributed by atoms with E-state index in [1.807, 2.05) is 18.2 Å². The number of pyridine rings is 2. The quantitative estimate of drug-likeness (QED) is 0.868.